The maximum absolute atomic E-state index is 13.7. The zero-order valence-electron chi connectivity index (χ0n) is 16.3. The molecule has 0 spiro atoms. The molecule has 1 aromatic heterocycles. The van der Waals surface area contributed by atoms with E-state index in [4.69, 9.17) is 19.7 Å². The number of ether oxygens (including phenoxy) is 2. The Morgan fingerprint density at radius 2 is 1.77 bits per heavy atom. The summed E-state index contributed by atoms with van der Waals surface area (Å²) in [5, 5.41) is 4.99. The molecule has 0 amide bonds. The molecule has 2 N–H and O–H groups in total. The van der Waals surface area contributed by atoms with Gasteiger partial charge in [-0.25, -0.2) is 8.78 Å². The van der Waals surface area contributed by atoms with Crippen LogP contribution in [0.3, 0.4) is 0 Å². The molecule has 1 heterocycles. The average molecular weight is 410 g/mol. The predicted octanol–water partition coefficient (Wildman–Crippen LogP) is 4.86. The summed E-state index contributed by atoms with van der Waals surface area (Å²) >= 11 is 0. The zero-order valence-corrected chi connectivity index (χ0v) is 16.3. The molecule has 0 saturated carbocycles. The van der Waals surface area contributed by atoms with Crippen LogP contribution in [-0.2, 0) is 13.0 Å². The first-order valence-corrected chi connectivity index (χ1v) is 9.42. The van der Waals surface area contributed by atoms with E-state index in [2.05, 4.69) is 5.16 Å². The topological polar surface area (TPSA) is 70.5 Å². The van der Waals surface area contributed by atoms with Gasteiger partial charge in [-0.15, -0.1) is 0 Å². The first-order valence-electron chi connectivity index (χ1n) is 9.42. The van der Waals surface area contributed by atoms with Crippen molar-refractivity contribution in [3.8, 4) is 22.6 Å². The highest BCUT2D eigenvalue weighted by molar-refractivity contribution is 5.80. The molecule has 0 radical (unpaired) electrons. The molecule has 0 aliphatic carbocycles. The van der Waals surface area contributed by atoms with E-state index in [1.807, 2.05) is 18.2 Å². The average Bonchev–Trinajstić information content (AvgIpc) is 3.17. The lowest BCUT2D eigenvalue weighted by atomic mass is 10.0. The van der Waals surface area contributed by atoms with E-state index >= 15 is 0 Å². The normalized spacial score (nSPS) is 11.1. The molecule has 4 rings (SSSR count). The van der Waals surface area contributed by atoms with Gasteiger partial charge >= 0.3 is 0 Å². The van der Waals surface area contributed by atoms with Crippen LogP contribution in [0, 0.1) is 11.6 Å². The minimum atomic E-state index is -0.949. The monoisotopic (exact) mass is 410 g/mol. The Morgan fingerprint density at radius 3 is 2.50 bits per heavy atom. The van der Waals surface area contributed by atoms with Crippen molar-refractivity contribution in [2.45, 2.75) is 13.0 Å². The van der Waals surface area contributed by atoms with E-state index < -0.39 is 11.6 Å². The number of methoxy groups -OCH3 is 1. The Labute approximate surface area is 172 Å². The molecule has 7 heteroatoms. The lowest BCUT2D eigenvalue weighted by molar-refractivity contribution is 0.306. The van der Waals surface area contributed by atoms with Crippen molar-refractivity contribution < 1.29 is 22.8 Å². The second-order valence-corrected chi connectivity index (χ2v) is 6.78. The lowest BCUT2D eigenvalue weighted by Gasteiger charge is -2.11. The van der Waals surface area contributed by atoms with E-state index in [0.29, 0.717) is 42.0 Å². The SMILES string of the molecule is COc1cc(F)c(F)cc1-c1ccc(OCc2ccc3onc(CCN)c3c2)cc1. The van der Waals surface area contributed by atoms with Gasteiger partial charge in [0.25, 0.3) is 0 Å². The zero-order chi connectivity index (χ0) is 21.1. The quantitative estimate of drug-likeness (QED) is 0.471. The highest BCUT2D eigenvalue weighted by Gasteiger charge is 2.13. The van der Waals surface area contributed by atoms with Gasteiger partial charge in [-0.2, -0.15) is 0 Å². The summed E-state index contributed by atoms with van der Waals surface area (Å²) in [4.78, 5) is 0. The Balaban J connectivity index is 1.50. The molecular weight excluding hydrogens is 390 g/mol. The first-order chi connectivity index (χ1) is 14.6. The van der Waals surface area contributed by atoms with Gasteiger partial charge in [0.15, 0.2) is 17.2 Å². The number of benzene rings is 3. The third-order valence-corrected chi connectivity index (χ3v) is 4.80. The molecular formula is C23H20F2N2O3. The number of nitrogens with two attached hydrogens (primary N) is 1. The van der Waals surface area contributed by atoms with Crippen LogP contribution in [-0.4, -0.2) is 18.8 Å². The largest absolute Gasteiger partial charge is 0.496 e. The van der Waals surface area contributed by atoms with Crippen molar-refractivity contribution >= 4 is 11.0 Å². The number of nitrogens with zero attached hydrogens (tertiary/aromatic N) is 1. The fourth-order valence-electron chi connectivity index (χ4n) is 3.26. The Bertz CT molecular complexity index is 1170. The molecule has 0 aliphatic heterocycles. The van der Waals surface area contributed by atoms with Crippen LogP contribution in [0.15, 0.2) is 59.1 Å². The van der Waals surface area contributed by atoms with Crippen LogP contribution in [0.1, 0.15) is 11.3 Å². The van der Waals surface area contributed by atoms with Crippen molar-refractivity contribution in [2.75, 3.05) is 13.7 Å². The molecule has 4 aromatic rings. The maximum Gasteiger partial charge on any atom is 0.167 e. The number of halogens is 2. The molecule has 154 valence electrons. The molecule has 0 saturated heterocycles. The van der Waals surface area contributed by atoms with Crippen molar-refractivity contribution in [3.05, 3.63) is 77.5 Å². The van der Waals surface area contributed by atoms with Gasteiger partial charge in [0.05, 0.1) is 12.8 Å². The Morgan fingerprint density at radius 1 is 1.00 bits per heavy atom. The summed E-state index contributed by atoms with van der Waals surface area (Å²) in [7, 11) is 1.42. The summed E-state index contributed by atoms with van der Waals surface area (Å²) in [6.07, 6.45) is 0.645. The molecule has 30 heavy (non-hydrogen) atoms. The third kappa shape index (κ3) is 3.97. The number of hydrogen-bond acceptors (Lipinski definition) is 5. The van der Waals surface area contributed by atoms with Crippen molar-refractivity contribution in [2.24, 2.45) is 5.73 Å². The summed E-state index contributed by atoms with van der Waals surface area (Å²) in [6.45, 7) is 0.856. The Kier molecular flexibility index (Phi) is 5.63. The van der Waals surface area contributed by atoms with Crippen LogP contribution in [0.4, 0.5) is 8.78 Å². The molecule has 3 aromatic carbocycles. The molecule has 0 fully saturated rings. The van der Waals surface area contributed by atoms with Gasteiger partial charge in [-0.1, -0.05) is 23.4 Å². The van der Waals surface area contributed by atoms with Gasteiger partial charge in [0, 0.05) is 23.4 Å². The lowest BCUT2D eigenvalue weighted by Crippen LogP contribution is -2.03. The fraction of sp³-hybridized carbons (Fsp3) is 0.174. The molecule has 0 bridgehead atoms. The van der Waals surface area contributed by atoms with Crippen molar-refractivity contribution in [1.82, 2.24) is 5.16 Å². The van der Waals surface area contributed by atoms with E-state index in [-0.39, 0.29) is 5.75 Å². The van der Waals surface area contributed by atoms with E-state index in [1.54, 1.807) is 24.3 Å². The second kappa shape index (κ2) is 8.51. The first kappa shape index (κ1) is 19.8. The van der Waals surface area contributed by atoms with Gasteiger partial charge in [0.2, 0.25) is 0 Å². The third-order valence-electron chi connectivity index (χ3n) is 4.80. The number of aromatic nitrogens is 1. The van der Waals surface area contributed by atoms with Crippen molar-refractivity contribution in [3.63, 3.8) is 0 Å². The smallest absolute Gasteiger partial charge is 0.167 e. The van der Waals surface area contributed by atoms with Crippen LogP contribution in [0.2, 0.25) is 0 Å². The fourth-order valence-corrected chi connectivity index (χ4v) is 3.26. The van der Waals surface area contributed by atoms with Crippen LogP contribution in [0.25, 0.3) is 22.1 Å². The van der Waals surface area contributed by atoms with Gasteiger partial charge in [-0.05, 0) is 48.0 Å². The van der Waals surface area contributed by atoms with Gasteiger partial charge in [-0.3, -0.25) is 0 Å². The van der Waals surface area contributed by atoms with Crippen LogP contribution < -0.4 is 15.2 Å². The molecule has 0 atom stereocenters. The van der Waals surface area contributed by atoms with Crippen LogP contribution in [0.5, 0.6) is 11.5 Å². The van der Waals surface area contributed by atoms with E-state index in [0.717, 1.165) is 28.8 Å². The summed E-state index contributed by atoms with van der Waals surface area (Å²) in [5.41, 5.74) is 9.29. The summed E-state index contributed by atoms with van der Waals surface area (Å²) in [5.74, 6) is -0.968. The maximum atomic E-state index is 13.7. The number of rotatable bonds is 7. The van der Waals surface area contributed by atoms with Gasteiger partial charge in [0.1, 0.15) is 18.1 Å². The molecule has 5 nitrogen and oxygen atoms in total. The highest BCUT2D eigenvalue weighted by atomic mass is 19.2. The summed E-state index contributed by atoms with van der Waals surface area (Å²) in [6, 6.07) is 15.0. The standard InChI is InChI=1S/C23H20F2N2O3/c1-28-23-12-20(25)19(24)11-17(23)15-3-5-16(6-4-15)29-13-14-2-7-22-18(10-14)21(8-9-26)27-30-22/h2-7,10-12H,8-9,13,26H2,1H3. The van der Waals surface area contributed by atoms with E-state index in [9.17, 15) is 8.78 Å². The predicted molar refractivity (Wildman–Crippen MR) is 109 cm³/mol. The van der Waals surface area contributed by atoms with Crippen molar-refractivity contribution in [1.29, 1.82) is 0 Å². The number of fused-ring (bicyclic) bond motifs is 1. The summed E-state index contributed by atoms with van der Waals surface area (Å²) < 4.78 is 43.4. The van der Waals surface area contributed by atoms with Crippen LogP contribution >= 0.6 is 0 Å². The molecule has 0 aliphatic rings. The second-order valence-electron chi connectivity index (χ2n) is 6.78. The minimum absolute atomic E-state index is 0.262. The number of hydrogen-bond donors (Lipinski definition) is 1. The minimum Gasteiger partial charge on any atom is -0.496 e. The molecule has 0 unspecified atom stereocenters. The highest BCUT2D eigenvalue weighted by Crippen LogP contribution is 2.33. The van der Waals surface area contributed by atoms with Gasteiger partial charge < -0.3 is 19.7 Å². The Hall–Kier alpha value is -3.45. The van der Waals surface area contributed by atoms with E-state index in [1.165, 1.54) is 7.11 Å².